The van der Waals surface area contributed by atoms with Crippen molar-refractivity contribution in [2.75, 3.05) is 52.4 Å². The highest BCUT2D eigenvalue weighted by atomic mass is 16.3. The second-order valence-electron chi connectivity index (χ2n) is 16.7. The molecule has 0 fully saturated rings. The number of nitrogens with zero attached hydrogens (tertiary/aromatic N) is 2. The highest BCUT2D eigenvalue weighted by Crippen LogP contribution is 2.13. The molecule has 57 heavy (non-hydrogen) atoms. The molecule has 0 saturated carbocycles. The van der Waals surface area contributed by atoms with Crippen molar-refractivity contribution in [3.8, 4) is 0 Å². The first kappa shape index (κ1) is 57.8. The molecule has 6 N–H and O–H groups in total. The quantitative estimate of drug-likeness (QED) is 0.0361. The fourth-order valence-corrected chi connectivity index (χ4v) is 7.36. The molecular formula is C51H102N4O2. The Morgan fingerprint density at radius 1 is 0.368 bits per heavy atom. The van der Waals surface area contributed by atoms with Gasteiger partial charge in [0.05, 0.1) is 12.2 Å². The molecule has 0 amide bonds. The second kappa shape index (κ2) is 49.1. The SMILES string of the molecule is C.CCCCC/C=C\C/C=C/CCCCCCCCN(CCCCCCCCN(CCCCCCCC/C=C/C/C=C\CCCCC)CC(O)CN)CC(O)CN. The predicted octanol–water partition coefficient (Wildman–Crippen LogP) is 12.8. The van der Waals surface area contributed by atoms with Crippen molar-refractivity contribution in [1.82, 2.24) is 9.80 Å². The van der Waals surface area contributed by atoms with E-state index in [1.165, 1.54) is 180 Å². The maximum absolute atomic E-state index is 10.2. The molecule has 6 nitrogen and oxygen atoms in total. The molecule has 6 heteroatoms. The van der Waals surface area contributed by atoms with E-state index in [2.05, 4.69) is 72.3 Å². The van der Waals surface area contributed by atoms with Crippen LogP contribution in [0.15, 0.2) is 48.6 Å². The van der Waals surface area contributed by atoms with Crippen LogP contribution in [0.3, 0.4) is 0 Å². The molecule has 0 spiro atoms. The van der Waals surface area contributed by atoms with E-state index >= 15 is 0 Å². The van der Waals surface area contributed by atoms with Crippen LogP contribution < -0.4 is 11.5 Å². The summed E-state index contributed by atoms with van der Waals surface area (Å²) in [6.45, 7) is 10.9. The molecule has 0 bridgehead atoms. The topological polar surface area (TPSA) is 99.0 Å². The predicted molar refractivity (Wildman–Crippen MR) is 256 cm³/mol. The minimum absolute atomic E-state index is 0. The monoisotopic (exact) mass is 803 g/mol. The summed E-state index contributed by atoms with van der Waals surface area (Å²) in [5, 5.41) is 20.5. The van der Waals surface area contributed by atoms with Crippen LogP contribution in [0.1, 0.15) is 214 Å². The molecule has 0 aliphatic carbocycles. The Morgan fingerprint density at radius 3 is 0.877 bits per heavy atom. The van der Waals surface area contributed by atoms with E-state index in [0.29, 0.717) is 26.2 Å². The molecule has 338 valence electrons. The Labute approximate surface area is 357 Å². The normalized spacial score (nSPS) is 13.4. The van der Waals surface area contributed by atoms with Crippen LogP contribution in [-0.4, -0.2) is 84.6 Å². The number of rotatable bonds is 45. The average Bonchev–Trinajstić information content (AvgIpc) is 3.20. The van der Waals surface area contributed by atoms with E-state index < -0.39 is 12.2 Å². The number of aliphatic hydroxyl groups is 2. The molecule has 0 aromatic rings. The molecule has 0 rings (SSSR count). The Balaban J connectivity index is 0. The molecule has 0 aromatic carbocycles. The molecular weight excluding hydrogens is 701 g/mol. The highest BCUT2D eigenvalue weighted by molar-refractivity contribution is 4.93. The lowest BCUT2D eigenvalue weighted by Gasteiger charge is -2.25. The van der Waals surface area contributed by atoms with Crippen molar-refractivity contribution < 1.29 is 10.2 Å². The molecule has 0 aliphatic heterocycles. The molecule has 2 atom stereocenters. The summed E-state index contributed by atoms with van der Waals surface area (Å²) in [5.74, 6) is 0. The summed E-state index contributed by atoms with van der Waals surface area (Å²) in [5.41, 5.74) is 11.5. The van der Waals surface area contributed by atoms with Gasteiger partial charge in [-0.3, -0.25) is 0 Å². The first-order chi connectivity index (χ1) is 27.6. The highest BCUT2D eigenvalue weighted by Gasteiger charge is 2.12. The zero-order valence-electron chi connectivity index (χ0n) is 37.6. The number of unbranched alkanes of at least 4 members (excludes halogenated alkanes) is 23. The van der Waals surface area contributed by atoms with Crippen molar-refractivity contribution >= 4 is 0 Å². The van der Waals surface area contributed by atoms with Crippen molar-refractivity contribution in [3.05, 3.63) is 48.6 Å². The zero-order chi connectivity index (χ0) is 40.8. The van der Waals surface area contributed by atoms with Crippen LogP contribution in [0.4, 0.5) is 0 Å². The van der Waals surface area contributed by atoms with Gasteiger partial charge in [0.15, 0.2) is 0 Å². The van der Waals surface area contributed by atoms with Crippen LogP contribution in [0.5, 0.6) is 0 Å². The summed E-state index contributed by atoms with van der Waals surface area (Å²) < 4.78 is 0. The second-order valence-corrected chi connectivity index (χ2v) is 16.7. The van der Waals surface area contributed by atoms with Gasteiger partial charge in [-0.25, -0.2) is 0 Å². The van der Waals surface area contributed by atoms with Crippen LogP contribution in [0.2, 0.25) is 0 Å². The zero-order valence-corrected chi connectivity index (χ0v) is 37.6. The number of nitrogens with two attached hydrogens (primary N) is 2. The lowest BCUT2D eigenvalue weighted by atomic mass is 10.1. The minimum Gasteiger partial charge on any atom is -0.390 e. The lowest BCUT2D eigenvalue weighted by molar-refractivity contribution is 0.115. The van der Waals surface area contributed by atoms with Gasteiger partial charge in [0.2, 0.25) is 0 Å². The van der Waals surface area contributed by atoms with Gasteiger partial charge in [-0.2, -0.15) is 0 Å². The fraction of sp³-hybridized carbons (Fsp3) is 0.843. The summed E-state index contributed by atoms with van der Waals surface area (Å²) in [7, 11) is 0. The number of hydrogen-bond acceptors (Lipinski definition) is 6. The van der Waals surface area contributed by atoms with E-state index in [1.807, 2.05) is 0 Å². The van der Waals surface area contributed by atoms with Crippen LogP contribution in [0, 0.1) is 0 Å². The largest absolute Gasteiger partial charge is 0.390 e. The number of aliphatic hydroxyl groups excluding tert-OH is 2. The van der Waals surface area contributed by atoms with E-state index in [1.54, 1.807) is 0 Å². The number of hydrogen-bond donors (Lipinski definition) is 4. The standard InChI is InChI=1S/C50H98N4O2.CH4/c1-3-5-7-9-11-13-15-17-19-21-23-25-27-29-33-37-41-53(47-49(55)45-51)43-39-35-31-32-36-40-44-54(48-50(56)46-52)42-38-34-30-28-26-24-22-20-18-16-14-12-10-8-6-4-2;/h11-14,17-20,49-50,55-56H,3-10,15-16,21-48,51-52H2,1-2H3;1H4/b13-11-,14-12-,19-17+,20-18+;. The van der Waals surface area contributed by atoms with Crippen molar-refractivity contribution in [2.24, 2.45) is 11.5 Å². The van der Waals surface area contributed by atoms with E-state index in [0.717, 1.165) is 39.0 Å². The van der Waals surface area contributed by atoms with Crippen LogP contribution in [0.25, 0.3) is 0 Å². The van der Waals surface area contributed by atoms with Gasteiger partial charge in [-0.15, -0.1) is 0 Å². The van der Waals surface area contributed by atoms with E-state index in [-0.39, 0.29) is 7.43 Å². The molecule has 0 aromatic heterocycles. The van der Waals surface area contributed by atoms with Crippen LogP contribution in [-0.2, 0) is 0 Å². The van der Waals surface area contributed by atoms with Gasteiger partial charge in [-0.1, -0.05) is 173 Å². The molecule has 0 heterocycles. The van der Waals surface area contributed by atoms with Crippen molar-refractivity contribution in [3.63, 3.8) is 0 Å². The van der Waals surface area contributed by atoms with Crippen LogP contribution >= 0.6 is 0 Å². The van der Waals surface area contributed by atoms with Gasteiger partial charge >= 0.3 is 0 Å². The third-order valence-electron chi connectivity index (χ3n) is 11.0. The third kappa shape index (κ3) is 45.7. The van der Waals surface area contributed by atoms with E-state index in [4.69, 9.17) is 11.5 Å². The Bertz CT molecular complexity index is 805. The summed E-state index contributed by atoms with van der Waals surface area (Å²) in [6, 6.07) is 0. The van der Waals surface area contributed by atoms with Crippen molar-refractivity contribution in [1.29, 1.82) is 0 Å². The molecule has 0 radical (unpaired) electrons. The van der Waals surface area contributed by atoms with Crippen molar-refractivity contribution in [2.45, 2.75) is 226 Å². The maximum Gasteiger partial charge on any atom is 0.0789 e. The maximum atomic E-state index is 10.2. The van der Waals surface area contributed by atoms with E-state index in [9.17, 15) is 10.2 Å². The summed E-state index contributed by atoms with van der Waals surface area (Å²) in [4.78, 5) is 4.91. The summed E-state index contributed by atoms with van der Waals surface area (Å²) in [6.07, 6.45) is 55.9. The lowest BCUT2D eigenvalue weighted by Crippen LogP contribution is -2.37. The first-order valence-electron chi connectivity index (χ1n) is 24.4. The average molecular weight is 803 g/mol. The molecule has 2 unspecified atom stereocenters. The Morgan fingerprint density at radius 2 is 0.614 bits per heavy atom. The van der Waals surface area contributed by atoms with Gasteiger partial charge in [0, 0.05) is 26.2 Å². The Hall–Kier alpha value is -1.28. The minimum atomic E-state index is -0.421. The van der Waals surface area contributed by atoms with Gasteiger partial charge in [-0.05, 0) is 116 Å². The van der Waals surface area contributed by atoms with Gasteiger partial charge in [0.25, 0.3) is 0 Å². The first-order valence-corrected chi connectivity index (χ1v) is 24.4. The third-order valence-corrected chi connectivity index (χ3v) is 11.0. The number of allylic oxidation sites excluding steroid dienone is 8. The summed E-state index contributed by atoms with van der Waals surface area (Å²) >= 11 is 0. The Kier molecular flexibility index (Phi) is 49.8. The van der Waals surface area contributed by atoms with Gasteiger partial charge < -0.3 is 31.5 Å². The van der Waals surface area contributed by atoms with Gasteiger partial charge in [0.1, 0.15) is 0 Å². The fourth-order valence-electron chi connectivity index (χ4n) is 7.36. The molecule has 0 aliphatic rings. The smallest absolute Gasteiger partial charge is 0.0789 e. The molecule has 0 saturated heterocycles.